The minimum absolute atomic E-state index is 0.0253. The lowest BCUT2D eigenvalue weighted by Gasteiger charge is -2.11. The van der Waals surface area contributed by atoms with E-state index in [-0.39, 0.29) is 23.0 Å². The maximum absolute atomic E-state index is 13.6. The molecule has 0 N–H and O–H groups in total. The number of benzene rings is 1. The highest BCUT2D eigenvalue weighted by molar-refractivity contribution is 9.10. The Balaban J connectivity index is 1.99. The highest BCUT2D eigenvalue weighted by Gasteiger charge is 2.31. The maximum Gasteiger partial charge on any atom is 0.308 e. The van der Waals surface area contributed by atoms with Crippen LogP contribution in [-0.4, -0.2) is 18.3 Å². The van der Waals surface area contributed by atoms with Gasteiger partial charge in [-0.2, -0.15) is 0 Å². The van der Waals surface area contributed by atoms with Gasteiger partial charge in [0.2, 0.25) is 0 Å². The van der Waals surface area contributed by atoms with Gasteiger partial charge in [0, 0.05) is 14.6 Å². The predicted octanol–water partition coefficient (Wildman–Crippen LogP) is 4.02. The van der Waals surface area contributed by atoms with E-state index < -0.39 is 0 Å². The molecule has 2 nitrogen and oxygen atoms in total. The Morgan fingerprint density at radius 3 is 3.00 bits per heavy atom. The van der Waals surface area contributed by atoms with Crippen molar-refractivity contribution < 1.29 is 13.9 Å². The topological polar surface area (TPSA) is 26.3 Å². The summed E-state index contributed by atoms with van der Waals surface area (Å²) in [6.07, 6.45) is 2.53. The summed E-state index contributed by atoms with van der Waals surface area (Å²) in [6.45, 7) is 0. The summed E-state index contributed by atoms with van der Waals surface area (Å²) < 4.78 is 19.2. The van der Waals surface area contributed by atoms with E-state index >= 15 is 0 Å². The molecule has 0 aliphatic heterocycles. The van der Waals surface area contributed by atoms with Crippen LogP contribution in [0.3, 0.4) is 0 Å². The Morgan fingerprint density at radius 2 is 2.28 bits per heavy atom. The van der Waals surface area contributed by atoms with Crippen LogP contribution in [0.15, 0.2) is 27.6 Å². The summed E-state index contributed by atoms with van der Waals surface area (Å²) in [7, 11) is 1.41. The zero-order valence-electron chi connectivity index (χ0n) is 9.99. The summed E-state index contributed by atoms with van der Waals surface area (Å²) in [5, 5.41) is 0.290. The minimum atomic E-state index is -0.204. The van der Waals surface area contributed by atoms with Crippen LogP contribution < -0.4 is 0 Å². The molecule has 0 radical (unpaired) electrons. The van der Waals surface area contributed by atoms with Crippen molar-refractivity contribution in [2.45, 2.75) is 29.4 Å². The molecule has 2 rings (SSSR count). The van der Waals surface area contributed by atoms with Crippen molar-refractivity contribution in [1.29, 1.82) is 0 Å². The molecule has 1 fully saturated rings. The lowest BCUT2D eigenvalue weighted by Crippen LogP contribution is -2.13. The third kappa shape index (κ3) is 3.26. The Hall–Kier alpha value is -0.550. The van der Waals surface area contributed by atoms with Gasteiger partial charge < -0.3 is 4.74 Å². The lowest BCUT2D eigenvalue weighted by molar-refractivity contribution is -0.145. The van der Waals surface area contributed by atoms with Gasteiger partial charge >= 0.3 is 5.97 Å². The van der Waals surface area contributed by atoms with Gasteiger partial charge in [-0.25, -0.2) is 4.39 Å². The highest BCUT2D eigenvalue weighted by atomic mass is 79.9. The molecule has 0 bridgehead atoms. The number of carbonyl (C=O) groups is 1. The van der Waals surface area contributed by atoms with Gasteiger partial charge in [0.1, 0.15) is 5.82 Å². The van der Waals surface area contributed by atoms with Crippen LogP contribution in [0.2, 0.25) is 0 Å². The number of rotatable bonds is 3. The van der Waals surface area contributed by atoms with Crippen molar-refractivity contribution in [1.82, 2.24) is 0 Å². The van der Waals surface area contributed by atoms with E-state index in [1.807, 2.05) is 0 Å². The van der Waals surface area contributed by atoms with Crippen molar-refractivity contribution >= 4 is 33.7 Å². The van der Waals surface area contributed by atoms with Crippen LogP contribution in [0.4, 0.5) is 4.39 Å². The first kappa shape index (κ1) is 13.9. The van der Waals surface area contributed by atoms with Gasteiger partial charge in [-0.1, -0.05) is 15.9 Å². The molecule has 2 unspecified atom stereocenters. The summed E-state index contributed by atoms with van der Waals surface area (Å²) in [5.41, 5.74) is 0. The van der Waals surface area contributed by atoms with Gasteiger partial charge in [-0.05, 0) is 37.5 Å². The van der Waals surface area contributed by atoms with Gasteiger partial charge in [-0.3, -0.25) is 4.79 Å². The molecule has 0 aromatic heterocycles. The zero-order chi connectivity index (χ0) is 13.1. The van der Waals surface area contributed by atoms with Crippen molar-refractivity contribution in [2.24, 2.45) is 5.92 Å². The first-order valence-corrected chi connectivity index (χ1v) is 7.47. The van der Waals surface area contributed by atoms with Gasteiger partial charge in [0.05, 0.1) is 13.0 Å². The van der Waals surface area contributed by atoms with E-state index in [9.17, 15) is 9.18 Å². The van der Waals surface area contributed by atoms with Crippen LogP contribution in [-0.2, 0) is 9.53 Å². The molecular formula is C13H14BrFO2S. The van der Waals surface area contributed by atoms with Crippen LogP contribution in [0.25, 0.3) is 0 Å². The first-order valence-electron chi connectivity index (χ1n) is 5.79. The van der Waals surface area contributed by atoms with E-state index in [0.29, 0.717) is 4.90 Å². The molecule has 1 aromatic carbocycles. The van der Waals surface area contributed by atoms with Crippen LogP contribution in [0.5, 0.6) is 0 Å². The van der Waals surface area contributed by atoms with E-state index in [1.54, 1.807) is 12.1 Å². The number of hydrogen-bond donors (Lipinski definition) is 0. The van der Waals surface area contributed by atoms with Crippen molar-refractivity contribution in [3.63, 3.8) is 0 Å². The van der Waals surface area contributed by atoms with Crippen molar-refractivity contribution in [2.75, 3.05) is 7.11 Å². The van der Waals surface area contributed by atoms with Gasteiger partial charge in [-0.15, -0.1) is 11.8 Å². The molecule has 0 amide bonds. The van der Waals surface area contributed by atoms with E-state index in [4.69, 9.17) is 4.74 Å². The molecule has 1 aliphatic rings. The summed E-state index contributed by atoms with van der Waals surface area (Å²) in [6, 6.07) is 4.93. The lowest BCUT2D eigenvalue weighted by atomic mass is 10.1. The molecular weight excluding hydrogens is 319 g/mol. The molecule has 5 heteroatoms. The number of carbonyl (C=O) groups excluding carboxylic acids is 1. The second-order valence-electron chi connectivity index (χ2n) is 4.35. The zero-order valence-corrected chi connectivity index (χ0v) is 12.4. The SMILES string of the molecule is COC(=O)C1CCC(Sc2cc(Br)ccc2F)C1. The largest absolute Gasteiger partial charge is 0.469 e. The fraction of sp³-hybridized carbons (Fsp3) is 0.462. The Morgan fingerprint density at radius 1 is 1.50 bits per heavy atom. The summed E-state index contributed by atoms with van der Waals surface area (Å²) in [5.74, 6) is -0.375. The number of esters is 1. The number of hydrogen-bond acceptors (Lipinski definition) is 3. The van der Waals surface area contributed by atoms with Crippen molar-refractivity contribution in [3.8, 4) is 0 Å². The molecule has 2 atom stereocenters. The number of thioether (sulfide) groups is 1. The molecule has 0 heterocycles. The molecule has 1 aromatic rings. The van der Waals surface area contributed by atoms with Crippen LogP contribution in [0, 0.1) is 11.7 Å². The molecule has 1 aliphatic carbocycles. The second kappa shape index (κ2) is 6.06. The first-order chi connectivity index (χ1) is 8.60. The van der Waals surface area contributed by atoms with Crippen LogP contribution >= 0.6 is 27.7 Å². The fourth-order valence-corrected chi connectivity index (χ4v) is 4.00. The molecule has 1 saturated carbocycles. The molecule has 98 valence electrons. The molecule has 0 saturated heterocycles. The average molecular weight is 333 g/mol. The third-order valence-electron chi connectivity index (χ3n) is 3.11. The van der Waals surface area contributed by atoms with E-state index in [1.165, 1.54) is 24.9 Å². The maximum atomic E-state index is 13.6. The number of ether oxygens (including phenoxy) is 1. The third-order valence-corrected chi connectivity index (χ3v) is 4.93. The minimum Gasteiger partial charge on any atom is -0.469 e. The fourth-order valence-electron chi connectivity index (χ4n) is 2.17. The second-order valence-corrected chi connectivity index (χ2v) is 6.61. The molecule has 18 heavy (non-hydrogen) atoms. The normalized spacial score (nSPS) is 23.1. The van der Waals surface area contributed by atoms with E-state index in [0.717, 1.165) is 23.7 Å². The summed E-state index contributed by atoms with van der Waals surface area (Å²) in [4.78, 5) is 12.1. The standard InChI is InChI=1S/C13H14BrFO2S/c1-17-13(16)8-2-4-10(6-8)18-12-7-9(14)3-5-11(12)15/h3,5,7-8,10H,2,4,6H2,1H3. The average Bonchev–Trinajstić information content (AvgIpc) is 2.81. The highest BCUT2D eigenvalue weighted by Crippen LogP contribution is 2.39. The van der Waals surface area contributed by atoms with Crippen molar-refractivity contribution in [3.05, 3.63) is 28.5 Å². The van der Waals surface area contributed by atoms with Gasteiger partial charge in [0.25, 0.3) is 0 Å². The quantitative estimate of drug-likeness (QED) is 0.782. The Labute approximate surface area is 118 Å². The Kier molecular flexibility index (Phi) is 4.67. The number of halogens is 2. The smallest absolute Gasteiger partial charge is 0.308 e. The predicted molar refractivity (Wildman–Crippen MR) is 73.1 cm³/mol. The molecule has 0 spiro atoms. The van der Waals surface area contributed by atoms with E-state index in [2.05, 4.69) is 15.9 Å². The monoisotopic (exact) mass is 332 g/mol. The van der Waals surface area contributed by atoms with Gasteiger partial charge in [0.15, 0.2) is 0 Å². The van der Waals surface area contributed by atoms with Crippen LogP contribution in [0.1, 0.15) is 19.3 Å². The summed E-state index contributed by atoms with van der Waals surface area (Å²) >= 11 is 4.85. The number of methoxy groups -OCH3 is 1. The Bertz CT molecular complexity index is 453.